The summed E-state index contributed by atoms with van der Waals surface area (Å²) in [5.41, 5.74) is 0.487. The minimum Gasteiger partial charge on any atom is -0.356 e. The van der Waals surface area contributed by atoms with E-state index >= 15 is 0 Å². The van der Waals surface area contributed by atoms with Crippen LogP contribution in [0.2, 0.25) is 0 Å². The normalized spacial score (nSPS) is 18.3. The molecule has 3 nitrogen and oxygen atoms in total. The average Bonchev–Trinajstić information content (AvgIpc) is 2.76. The Labute approximate surface area is 130 Å². The van der Waals surface area contributed by atoms with E-state index in [9.17, 15) is 0 Å². The molecule has 2 N–H and O–H groups in total. The molecule has 0 aromatic rings. The lowest BCUT2D eigenvalue weighted by molar-refractivity contribution is 0.334. The summed E-state index contributed by atoms with van der Waals surface area (Å²) in [4.78, 5) is 4.27. The fourth-order valence-electron chi connectivity index (χ4n) is 2.50. The van der Waals surface area contributed by atoms with Crippen LogP contribution in [0.25, 0.3) is 0 Å². The molecule has 18 heavy (non-hydrogen) atoms. The second kappa shape index (κ2) is 9.87. The Balaban J connectivity index is 0.00000289. The van der Waals surface area contributed by atoms with Crippen molar-refractivity contribution in [1.29, 1.82) is 0 Å². The second-order valence-corrected chi connectivity index (χ2v) is 5.58. The molecule has 1 saturated carbocycles. The molecular weight excluding hydrogens is 337 g/mol. The van der Waals surface area contributed by atoms with Crippen molar-refractivity contribution in [1.82, 2.24) is 10.6 Å². The Bertz CT molecular complexity index is 235. The highest BCUT2D eigenvalue weighted by atomic mass is 127. The van der Waals surface area contributed by atoms with E-state index in [0.717, 1.165) is 19.0 Å². The molecule has 4 heteroatoms. The number of guanidine groups is 1. The average molecular weight is 367 g/mol. The topological polar surface area (TPSA) is 36.4 Å². The van der Waals surface area contributed by atoms with Gasteiger partial charge >= 0.3 is 0 Å². The molecule has 0 radical (unpaired) electrons. The van der Waals surface area contributed by atoms with Gasteiger partial charge in [-0.2, -0.15) is 0 Å². The number of hydrogen-bond acceptors (Lipinski definition) is 1. The standard InChI is InChI=1S/C14H29N3.HI/c1-4-5-8-11-16-13(15-3)17-12-14(2)9-6-7-10-14;/h4-12H2,1-3H3,(H2,15,16,17);1H. The summed E-state index contributed by atoms with van der Waals surface area (Å²) in [5, 5.41) is 6.85. The molecule has 1 aliphatic carbocycles. The molecule has 1 fully saturated rings. The van der Waals surface area contributed by atoms with Crippen LogP contribution in [0.15, 0.2) is 4.99 Å². The van der Waals surface area contributed by atoms with Gasteiger partial charge in [-0.15, -0.1) is 24.0 Å². The summed E-state index contributed by atoms with van der Waals surface area (Å²) in [6.45, 7) is 6.70. The van der Waals surface area contributed by atoms with E-state index in [-0.39, 0.29) is 24.0 Å². The van der Waals surface area contributed by atoms with Gasteiger partial charge in [0.25, 0.3) is 0 Å². The van der Waals surface area contributed by atoms with Gasteiger partial charge in [-0.1, -0.05) is 39.5 Å². The van der Waals surface area contributed by atoms with Crippen molar-refractivity contribution in [2.24, 2.45) is 10.4 Å². The fourth-order valence-corrected chi connectivity index (χ4v) is 2.50. The molecule has 0 atom stereocenters. The maximum atomic E-state index is 4.27. The number of unbranched alkanes of at least 4 members (excludes halogenated alkanes) is 2. The Kier molecular flexibility index (Phi) is 9.87. The van der Waals surface area contributed by atoms with Crippen LogP contribution in [0.4, 0.5) is 0 Å². The summed E-state index contributed by atoms with van der Waals surface area (Å²) < 4.78 is 0. The summed E-state index contributed by atoms with van der Waals surface area (Å²) in [6.07, 6.45) is 9.28. The first-order valence-electron chi connectivity index (χ1n) is 7.15. The van der Waals surface area contributed by atoms with Gasteiger partial charge in [0.15, 0.2) is 5.96 Å². The van der Waals surface area contributed by atoms with Crippen LogP contribution in [0.5, 0.6) is 0 Å². The molecule has 0 aromatic heterocycles. The first kappa shape index (κ1) is 18.0. The van der Waals surface area contributed by atoms with E-state index < -0.39 is 0 Å². The molecule has 1 rings (SSSR count). The van der Waals surface area contributed by atoms with Crippen LogP contribution in [-0.2, 0) is 0 Å². The zero-order chi connectivity index (χ0) is 12.6. The van der Waals surface area contributed by atoms with Gasteiger partial charge in [-0.25, -0.2) is 0 Å². The molecular formula is C14H30IN3. The van der Waals surface area contributed by atoms with E-state index in [2.05, 4.69) is 29.5 Å². The van der Waals surface area contributed by atoms with Gasteiger partial charge in [0.2, 0.25) is 0 Å². The van der Waals surface area contributed by atoms with E-state index in [1.54, 1.807) is 0 Å². The zero-order valence-electron chi connectivity index (χ0n) is 12.2. The predicted octanol–water partition coefficient (Wildman–Crippen LogP) is 3.54. The van der Waals surface area contributed by atoms with Gasteiger partial charge < -0.3 is 10.6 Å². The number of aliphatic imine (C=N–C) groups is 1. The molecule has 1 aliphatic rings. The Hall–Kier alpha value is 0. The molecule has 0 saturated heterocycles. The Morgan fingerprint density at radius 1 is 1.17 bits per heavy atom. The zero-order valence-corrected chi connectivity index (χ0v) is 14.5. The first-order chi connectivity index (χ1) is 8.20. The van der Waals surface area contributed by atoms with Gasteiger partial charge in [-0.05, 0) is 24.7 Å². The highest BCUT2D eigenvalue weighted by Crippen LogP contribution is 2.36. The van der Waals surface area contributed by atoms with Gasteiger partial charge in [0.1, 0.15) is 0 Å². The summed E-state index contributed by atoms with van der Waals surface area (Å²) in [6, 6.07) is 0. The molecule has 0 unspecified atom stereocenters. The third-order valence-electron chi connectivity index (χ3n) is 3.79. The van der Waals surface area contributed by atoms with E-state index in [0.29, 0.717) is 5.41 Å². The van der Waals surface area contributed by atoms with E-state index in [1.807, 2.05) is 7.05 Å². The van der Waals surface area contributed by atoms with E-state index in [1.165, 1.54) is 44.9 Å². The van der Waals surface area contributed by atoms with Gasteiger partial charge in [0, 0.05) is 20.1 Å². The van der Waals surface area contributed by atoms with E-state index in [4.69, 9.17) is 0 Å². The number of halogens is 1. The third-order valence-corrected chi connectivity index (χ3v) is 3.79. The first-order valence-corrected chi connectivity index (χ1v) is 7.15. The Morgan fingerprint density at radius 3 is 2.39 bits per heavy atom. The van der Waals surface area contributed by atoms with Crippen LogP contribution in [0.3, 0.4) is 0 Å². The second-order valence-electron chi connectivity index (χ2n) is 5.58. The summed E-state index contributed by atoms with van der Waals surface area (Å²) in [7, 11) is 1.85. The maximum absolute atomic E-state index is 4.27. The smallest absolute Gasteiger partial charge is 0.190 e. The molecule has 0 heterocycles. The number of rotatable bonds is 6. The van der Waals surface area contributed by atoms with Crippen molar-refractivity contribution in [3.63, 3.8) is 0 Å². The van der Waals surface area contributed by atoms with Crippen LogP contribution < -0.4 is 10.6 Å². The molecule has 0 amide bonds. The van der Waals surface area contributed by atoms with Crippen LogP contribution in [0.1, 0.15) is 58.8 Å². The third kappa shape index (κ3) is 6.81. The quantitative estimate of drug-likeness (QED) is 0.326. The Morgan fingerprint density at radius 2 is 1.83 bits per heavy atom. The monoisotopic (exact) mass is 367 g/mol. The summed E-state index contributed by atoms with van der Waals surface area (Å²) >= 11 is 0. The van der Waals surface area contributed by atoms with Crippen molar-refractivity contribution >= 4 is 29.9 Å². The fraction of sp³-hybridized carbons (Fsp3) is 0.929. The lowest BCUT2D eigenvalue weighted by Gasteiger charge is -2.25. The molecule has 0 aromatic carbocycles. The highest BCUT2D eigenvalue weighted by Gasteiger charge is 2.28. The highest BCUT2D eigenvalue weighted by molar-refractivity contribution is 14.0. The lowest BCUT2D eigenvalue weighted by Crippen LogP contribution is -2.42. The van der Waals surface area contributed by atoms with Crippen molar-refractivity contribution in [2.45, 2.75) is 58.8 Å². The van der Waals surface area contributed by atoms with Crippen LogP contribution >= 0.6 is 24.0 Å². The van der Waals surface area contributed by atoms with Crippen molar-refractivity contribution in [2.75, 3.05) is 20.1 Å². The number of nitrogens with one attached hydrogen (secondary N) is 2. The summed E-state index contributed by atoms with van der Waals surface area (Å²) in [5.74, 6) is 0.967. The molecule has 0 spiro atoms. The van der Waals surface area contributed by atoms with Gasteiger partial charge in [0.05, 0.1) is 0 Å². The lowest BCUT2D eigenvalue weighted by atomic mass is 9.89. The molecule has 0 aliphatic heterocycles. The largest absolute Gasteiger partial charge is 0.356 e. The van der Waals surface area contributed by atoms with Gasteiger partial charge in [-0.3, -0.25) is 4.99 Å². The minimum atomic E-state index is 0. The predicted molar refractivity (Wildman–Crippen MR) is 90.9 cm³/mol. The van der Waals surface area contributed by atoms with Crippen molar-refractivity contribution < 1.29 is 0 Å². The molecule has 0 bridgehead atoms. The molecule has 108 valence electrons. The van der Waals surface area contributed by atoms with Crippen molar-refractivity contribution in [3.8, 4) is 0 Å². The van der Waals surface area contributed by atoms with Crippen molar-refractivity contribution in [3.05, 3.63) is 0 Å². The van der Waals surface area contributed by atoms with Crippen LogP contribution in [-0.4, -0.2) is 26.1 Å². The number of hydrogen-bond donors (Lipinski definition) is 2. The maximum Gasteiger partial charge on any atom is 0.190 e. The minimum absolute atomic E-state index is 0. The SMILES string of the molecule is CCCCCNC(=NC)NCC1(C)CCCC1.I. The van der Waals surface area contributed by atoms with Crippen LogP contribution in [0, 0.1) is 5.41 Å². The number of nitrogens with zero attached hydrogens (tertiary/aromatic N) is 1.